The largest absolute Gasteiger partial charge is 0.370 e. The average molecular weight is 369 g/mol. The molecule has 3 aromatic carbocycles. The highest BCUT2D eigenvalue weighted by Gasteiger charge is 2.23. The molecule has 0 aromatic heterocycles. The van der Waals surface area contributed by atoms with Gasteiger partial charge in [0.05, 0.1) is 11.3 Å². The van der Waals surface area contributed by atoms with Crippen LogP contribution >= 0.6 is 0 Å². The van der Waals surface area contributed by atoms with Gasteiger partial charge in [0.2, 0.25) is 0 Å². The fraction of sp³-hybridized carbons (Fsp3) is 0.346. The smallest absolute Gasteiger partial charge is 0.102 e. The van der Waals surface area contributed by atoms with Crippen LogP contribution in [0.5, 0.6) is 0 Å². The maximum absolute atomic E-state index is 10.0. The van der Waals surface area contributed by atoms with E-state index in [1.165, 1.54) is 52.3 Å². The van der Waals surface area contributed by atoms with Crippen LogP contribution in [0.2, 0.25) is 0 Å². The molecule has 28 heavy (non-hydrogen) atoms. The summed E-state index contributed by atoms with van der Waals surface area (Å²) in [5, 5.41) is 12.5. The van der Waals surface area contributed by atoms with E-state index in [4.69, 9.17) is 0 Å². The van der Waals surface area contributed by atoms with E-state index in [-0.39, 0.29) is 0 Å². The van der Waals surface area contributed by atoms with E-state index < -0.39 is 0 Å². The summed E-state index contributed by atoms with van der Waals surface area (Å²) in [5.74, 6) is 0.318. The fourth-order valence-electron chi connectivity index (χ4n) is 4.67. The van der Waals surface area contributed by atoms with Gasteiger partial charge in [-0.3, -0.25) is 0 Å². The molecule has 1 aliphatic rings. The Morgan fingerprint density at radius 3 is 2.32 bits per heavy atom. The first-order valence-electron chi connectivity index (χ1n) is 10.4. The minimum Gasteiger partial charge on any atom is -0.370 e. The third kappa shape index (κ3) is 3.27. The summed E-state index contributed by atoms with van der Waals surface area (Å²) in [6.07, 6.45) is 3.71. The molecule has 3 aromatic rings. The van der Waals surface area contributed by atoms with Crippen LogP contribution in [0, 0.1) is 18.3 Å². The summed E-state index contributed by atoms with van der Waals surface area (Å²) in [6.45, 7) is 8.68. The molecule has 0 aliphatic carbocycles. The van der Waals surface area contributed by atoms with Gasteiger partial charge in [0.25, 0.3) is 0 Å². The zero-order chi connectivity index (χ0) is 19.7. The third-order valence-corrected chi connectivity index (χ3v) is 6.06. The van der Waals surface area contributed by atoms with Crippen molar-refractivity contribution < 1.29 is 0 Å². The second-order valence-corrected chi connectivity index (χ2v) is 8.23. The van der Waals surface area contributed by atoms with Crippen molar-refractivity contribution in [2.45, 2.75) is 46.0 Å². The summed E-state index contributed by atoms with van der Waals surface area (Å²) in [6, 6.07) is 20.0. The predicted octanol–water partition coefficient (Wildman–Crippen LogP) is 6.80. The van der Waals surface area contributed by atoms with Gasteiger partial charge in [-0.2, -0.15) is 5.26 Å². The van der Waals surface area contributed by atoms with E-state index in [2.05, 4.69) is 80.3 Å². The molecule has 1 aliphatic heterocycles. The summed E-state index contributed by atoms with van der Waals surface area (Å²) in [7, 11) is 0. The zero-order valence-corrected chi connectivity index (χ0v) is 17.1. The lowest BCUT2D eigenvalue weighted by molar-refractivity contribution is 0.577. The number of piperidine rings is 1. The quantitative estimate of drug-likeness (QED) is 0.508. The Labute approximate surface area is 168 Å². The molecule has 0 bridgehead atoms. The molecular formula is C26H28N2. The van der Waals surface area contributed by atoms with Crippen LogP contribution in [0.3, 0.4) is 0 Å². The van der Waals surface area contributed by atoms with E-state index in [1.807, 2.05) is 0 Å². The number of anilines is 1. The molecular weight excluding hydrogens is 340 g/mol. The van der Waals surface area contributed by atoms with Crippen molar-refractivity contribution in [3.05, 3.63) is 65.2 Å². The van der Waals surface area contributed by atoms with Crippen molar-refractivity contribution >= 4 is 16.5 Å². The Hall–Kier alpha value is -2.79. The molecule has 0 atom stereocenters. The SMILES string of the molecule is Cc1c(-c2ccc3ccccc3c2)cc(N2CCCCC2)c(C#N)c1C(C)C. The molecule has 1 saturated heterocycles. The second-order valence-electron chi connectivity index (χ2n) is 8.23. The highest BCUT2D eigenvalue weighted by Crippen LogP contribution is 2.39. The standard InChI is InChI=1S/C26H28N2/c1-18(2)26-19(3)23(22-12-11-20-9-5-6-10-21(20)15-22)16-25(24(26)17-27)28-13-7-4-8-14-28/h5-6,9-12,15-16,18H,4,7-8,13-14H2,1-3H3. The van der Waals surface area contributed by atoms with Gasteiger partial charge in [-0.15, -0.1) is 0 Å². The molecule has 142 valence electrons. The van der Waals surface area contributed by atoms with Gasteiger partial charge in [-0.05, 0) is 77.3 Å². The van der Waals surface area contributed by atoms with Crippen molar-refractivity contribution in [2.24, 2.45) is 0 Å². The van der Waals surface area contributed by atoms with E-state index in [0.29, 0.717) is 5.92 Å². The molecule has 2 heteroatoms. The molecule has 0 saturated carbocycles. The molecule has 0 N–H and O–H groups in total. The Balaban J connectivity index is 1.95. The first kappa shape index (κ1) is 18.6. The van der Waals surface area contributed by atoms with Gasteiger partial charge >= 0.3 is 0 Å². The molecule has 0 amide bonds. The zero-order valence-electron chi connectivity index (χ0n) is 17.1. The monoisotopic (exact) mass is 368 g/mol. The van der Waals surface area contributed by atoms with E-state index in [1.54, 1.807) is 0 Å². The van der Waals surface area contributed by atoms with Crippen molar-refractivity contribution in [1.29, 1.82) is 5.26 Å². The number of rotatable bonds is 3. The second kappa shape index (κ2) is 7.68. The van der Waals surface area contributed by atoms with Crippen LogP contribution in [-0.2, 0) is 0 Å². The molecule has 4 rings (SSSR count). The Bertz CT molecular complexity index is 1050. The predicted molar refractivity (Wildman–Crippen MR) is 119 cm³/mol. The van der Waals surface area contributed by atoms with Crippen LogP contribution in [-0.4, -0.2) is 13.1 Å². The maximum Gasteiger partial charge on any atom is 0.102 e. The fourth-order valence-corrected chi connectivity index (χ4v) is 4.67. The Morgan fingerprint density at radius 1 is 0.929 bits per heavy atom. The van der Waals surface area contributed by atoms with Crippen molar-refractivity contribution in [1.82, 2.24) is 0 Å². The Kier molecular flexibility index (Phi) is 5.09. The number of hydrogen-bond donors (Lipinski definition) is 0. The minimum absolute atomic E-state index is 0.318. The minimum atomic E-state index is 0.318. The van der Waals surface area contributed by atoms with E-state index in [9.17, 15) is 5.26 Å². The third-order valence-electron chi connectivity index (χ3n) is 6.06. The summed E-state index contributed by atoms with van der Waals surface area (Å²) in [4.78, 5) is 2.43. The summed E-state index contributed by atoms with van der Waals surface area (Å²) < 4.78 is 0. The summed E-state index contributed by atoms with van der Waals surface area (Å²) in [5.41, 5.74) is 6.93. The van der Waals surface area contributed by atoms with Gasteiger partial charge in [0, 0.05) is 13.1 Å². The lowest BCUT2D eigenvalue weighted by Gasteiger charge is -2.32. The van der Waals surface area contributed by atoms with Crippen molar-refractivity contribution in [3.63, 3.8) is 0 Å². The number of benzene rings is 3. The number of hydrogen-bond acceptors (Lipinski definition) is 2. The molecule has 1 fully saturated rings. The number of nitrogens with zero attached hydrogens (tertiary/aromatic N) is 2. The summed E-state index contributed by atoms with van der Waals surface area (Å²) >= 11 is 0. The van der Waals surface area contributed by atoms with Gasteiger partial charge in [-0.25, -0.2) is 0 Å². The molecule has 0 radical (unpaired) electrons. The lowest BCUT2D eigenvalue weighted by atomic mass is 9.85. The van der Waals surface area contributed by atoms with Crippen LogP contribution in [0.15, 0.2) is 48.5 Å². The lowest BCUT2D eigenvalue weighted by Crippen LogP contribution is -2.30. The topological polar surface area (TPSA) is 27.0 Å². The first-order chi connectivity index (χ1) is 13.6. The maximum atomic E-state index is 10.0. The highest BCUT2D eigenvalue weighted by molar-refractivity contribution is 5.89. The molecule has 0 unspecified atom stereocenters. The van der Waals surface area contributed by atoms with Gasteiger partial charge < -0.3 is 4.90 Å². The molecule has 1 heterocycles. The van der Waals surface area contributed by atoms with Crippen LogP contribution < -0.4 is 4.90 Å². The normalized spacial score (nSPS) is 14.5. The highest BCUT2D eigenvalue weighted by atomic mass is 15.1. The molecule has 2 nitrogen and oxygen atoms in total. The van der Waals surface area contributed by atoms with Crippen molar-refractivity contribution in [3.8, 4) is 17.2 Å². The van der Waals surface area contributed by atoms with E-state index >= 15 is 0 Å². The number of nitriles is 1. The Morgan fingerprint density at radius 2 is 1.64 bits per heavy atom. The molecule has 0 spiro atoms. The first-order valence-corrected chi connectivity index (χ1v) is 10.4. The van der Waals surface area contributed by atoms with E-state index in [0.717, 1.165) is 24.3 Å². The van der Waals surface area contributed by atoms with Gasteiger partial charge in [-0.1, -0.05) is 50.2 Å². The van der Waals surface area contributed by atoms with Crippen molar-refractivity contribution in [2.75, 3.05) is 18.0 Å². The van der Waals surface area contributed by atoms with Crippen LogP contribution in [0.1, 0.15) is 55.7 Å². The van der Waals surface area contributed by atoms with Crippen LogP contribution in [0.25, 0.3) is 21.9 Å². The average Bonchev–Trinajstić information content (AvgIpc) is 2.73. The van der Waals surface area contributed by atoms with Crippen LogP contribution in [0.4, 0.5) is 5.69 Å². The van der Waals surface area contributed by atoms with Gasteiger partial charge in [0.1, 0.15) is 6.07 Å². The number of fused-ring (bicyclic) bond motifs is 1. The van der Waals surface area contributed by atoms with Gasteiger partial charge in [0.15, 0.2) is 0 Å².